The maximum atomic E-state index is 10.8. The van der Waals surface area contributed by atoms with Crippen LogP contribution in [0, 0.1) is 0 Å². The van der Waals surface area contributed by atoms with Crippen LogP contribution in [-0.2, 0) is 9.13 Å². The van der Waals surface area contributed by atoms with Crippen LogP contribution in [0.2, 0.25) is 0 Å². The molecule has 0 aliphatic heterocycles. The third kappa shape index (κ3) is 8.32. The Labute approximate surface area is 171 Å². The zero-order valence-corrected chi connectivity index (χ0v) is 18.4. The molecule has 0 aromatic carbocycles. The van der Waals surface area contributed by atoms with Crippen molar-refractivity contribution in [1.82, 2.24) is 0 Å². The number of unbranched alkanes of at least 4 members (excludes halogenated alkanes) is 1. The normalized spacial score (nSPS) is 11.9. The first-order valence-electron chi connectivity index (χ1n) is 3.90. The molecule has 0 atom stereocenters. The molecule has 92 valence electrons. The molecule has 5 N–H and O–H groups in total. The number of aliphatic hydroxyl groups is 1. The van der Waals surface area contributed by atoms with Gasteiger partial charge in [0.25, 0.3) is 5.08 Å². The molecule has 0 fully saturated rings. The van der Waals surface area contributed by atoms with E-state index in [0.717, 1.165) is 0 Å². The van der Waals surface area contributed by atoms with Gasteiger partial charge in [0, 0.05) is 0 Å². The van der Waals surface area contributed by atoms with E-state index in [0.29, 0.717) is 6.42 Å². The molecule has 0 aromatic heterocycles. The van der Waals surface area contributed by atoms with Crippen molar-refractivity contribution in [3.8, 4) is 0 Å². The smallest absolute Gasteiger partial charge is 1.00 e. The van der Waals surface area contributed by atoms with Crippen LogP contribution in [0.4, 0.5) is 0 Å². The van der Waals surface area contributed by atoms with Crippen molar-refractivity contribution < 1.29 is 127 Å². The maximum Gasteiger partial charge on any atom is 1.00 e. The van der Waals surface area contributed by atoms with Crippen LogP contribution in [0.1, 0.15) is 30.5 Å². The molecule has 7 nitrogen and oxygen atoms in total. The molecule has 0 saturated carbocycles. The summed E-state index contributed by atoms with van der Waals surface area (Å²) in [6.45, 7) is 1.67. The summed E-state index contributed by atoms with van der Waals surface area (Å²) in [5, 5.41) is 6.05. The molecular weight excluding hydrogens is 303 g/mol. The molecule has 0 amide bonds. The summed E-state index contributed by atoms with van der Waals surface area (Å²) in [6.07, 6.45) is -0.0485. The van der Waals surface area contributed by atoms with Crippen molar-refractivity contribution in [3.05, 3.63) is 0 Å². The van der Waals surface area contributed by atoms with Crippen LogP contribution in [0.3, 0.4) is 0 Å². The molecule has 12 heteroatoms. The summed E-state index contributed by atoms with van der Waals surface area (Å²) in [5.74, 6) is 0. The second kappa shape index (κ2) is 10.9. The average molecular weight is 320 g/mol. The van der Waals surface area contributed by atoms with Gasteiger partial charge in [0.05, 0.1) is 0 Å². The third-order valence-corrected chi connectivity index (χ3v) is 5.68. The SMILES string of the molecule is CCCCC(O)(P(=O)(O)O)P(=O)(O)O.[H-].[H-].[H-].[Na+].[Na+].[Na+]. The fourth-order valence-electron chi connectivity index (χ4n) is 0.875. The Morgan fingerprint density at radius 2 is 1.29 bits per heavy atom. The zero-order valence-electron chi connectivity index (χ0n) is 13.6. The van der Waals surface area contributed by atoms with Gasteiger partial charge in [-0.1, -0.05) is 13.3 Å². The number of hydrogen-bond acceptors (Lipinski definition) is 3. The Morgan fingerprint density at radius 1 is 1.00 bits per heavy atom. The minimum Gasteiger partial charge on any atom is -1.00 e. The summed E-state index contributed by atoms with van der Waals surface area (Å²) in [5.41, 5.74) is 0. The molecular formula is C5H17Na3O7P2. The van der Waals surface area contributed by atoms with Crippen LogP contribution in [0.15, 0.2) is 0 Å². The zero-order chi connectivity index (χ0) is 11.6. The first-order chi connectivity index (χ1) is 6.06. The van der Waals surface area contributed by atoms with E-state index in [1.807, 2.05) is 0 Å². The van der Waals surface area contributed by atoms with Crippen LogP contribution in [0.5, 0.6) is 0 Å². The van der Waals surface area contributed by atoms with Crippen LogP contribution < -0.4 is 88.7 Å². The number of rotatable bonds is 5. The second-order valence-electron chi connectivity index (χ2n) is 2.97. The van der Waals surface area contributed by atoms with Crippen molar-refractivity contribution in [2.24, 2.45) is 0 Å². The van der Waals surface area contributed by atoms with Gasteiger partial charge in [-0.3, -0.25) is 9.13 Å². The van der Waals surface area contributed by atoms with E-state index < -0.39 is 26.7 Å². The van der Waals surface area contributed by atoms with E-state index in [9.17, 15) is 14.2 Å². The van der Waals surface area contributed by atoms with Gasteiger partial charge in [0.1, 0.15) is 0 Å². The van der Waals surface area contributed by atoms with Crippen LogP contribution >= 0.6 is 15.2 Å². The van der Waals surface area contributed by atoms with E-state index in [4.69, 9.17) is 19.6 Å². The third-order valence-electron chi connectivity index (χ3n) is 1.80. The summed E-state index contributed by atoms with van der Waals surface area (Å²) >= 11 is 0. The Balaban J connectivity index is -0.0000000563. The molecule has 0 radical (unpaired) electrons. The van der Waals surface area contributed by atoms with E-state index >= 15 is 0 Å². The first-order valence-corrected chi connectivity index (χ1v) is 7.12. The Bertz CT molecular complexity index is 277. The quantitative estimate of drug-likeness (QED) is 0.251. The fourth-order valence-corrected chi connectivity index (χ4v) is 3.13. The standard InChI is InChI=1S/C5H14O7P2.3Na.3H/c1-2-3-4-5(6,13(7,8)9)14(10,11)12;;;;;;/h6H,2-4H2,1H3,(H2,7,8,9)(H2,10,11,12);;;;;;/q;3*+1;3*-1. The molecule has 0 aliphatic carbocycles. The minimum atomic E-state index is -5.25. The van der Waals surface area contributed by atoms with Crippen molar-refractivity contribution in [2.45, 2.75) is 31.3 Å². The molecule has 0 bridgehead atoms. The van der Waals surface area contributed by atoms with E-state index in [1.54, 1.807) is 6.92 Å². The molecule has 0 rings (SSSR count). The summed E-state index contributed by atoms with van der Waals surface area (Å²) in [7, 11) is -10.5. The van der Waals surface area contributed by atoms with Gasteiger partial charge < -0.3 is 29.0 Å². The molecule has 0 unspecified atom stereocenters. The first kappa shape index (κ1) is 28.4. The van der Waals surface area contributed by atoms with Gasteiger partial charge in [0.2, 0.25) is 0 Å². The van der Waals surface area contributed by atoms with Gasteiger partial charge >= 0.3 is 104 Å². The Kier molecular flexibility index (Phi) is 18.2. The Hall–Kier alpha value is 3.26. The molecule has 0 aliphatic rings. The minimum absolute atomic E-state index is 0. The topological polar surface area (TPSA) is 135 Å². The van der Waals surface area contributed by atoms with Gasteiger partial charge in [-0.05, 0) is 12.8 Å². The van der Waals surface area contributed by atoms with Gasteiger partial charge in [-0.25, -0.2) is 0 Å². The summed E-state index contributed by atoms with van der Waals surface area (Å²) in [4.78, 5) is 34.7. The van der Waals surface area contributed by atoms with Crippen molar-refractivity contribution >= 4 is 15.2 Å². The largest absolute Gasteiger partial charge is 1.00 e. The van der Waals surface area contributed by atoms with Gasteiger partial charge in [-0.2, -0.15) is 0 Å². The van der Waals surface area contributed by atoms with Gasteiger partial charge in [0.15, 0.2) is 0 Å². The molecule has 0 heterocycles. The van der Waals surface area contributed by atoms with Crippen LogP contribution in [-0.4, -0.2) is 29.8 Å². The molecule has 17 heavy (non-hydrogen) atoms. The maximum absolute atomic E-state index is 10.8. The van der Waals surface area contributed by atoms with Gasteiger partial charge in [-0.15, -0.1) is 0 Å². The summed E-state index contributed by atoms with van der Waals surface area (Å²) in [6, 6.07) is 0. The molecule has 0 aromatic rings. The van der Waals surface area contributed by atoms with Crippen molar-refractivity contribution in [1.29, 1.82) is 0 Å². The van der Waals surface area contributed by atoms with Crippen LogP contribution in [0.25, 0.3) is 0 Å². The Morgan fingerprint density at radius 3 is 1.47 bits per heavy atom. The van der Waals surface area contributed by atoms with Crippen molar-refractivity contribution in [3.63, 3.8) is 0 Å². The number of hydrogen-bond donors (Lipinski definition) is 5. The van der Waals surface area contributed by atoms with E-state index in [1.165, 1.54) is 0 Å². The second-order valence-corrected chi connectivity index (χ2v) is 6.97. The predicted octanol–water partition coefficient (Wildman–Crippen LogP) is -8.47. The average Bonchev–Trinajstić information content (AvgIpc) is 1.95. The molecule has 0 spiro atoms. The summed E-state index contributed by atoms with van der Waals surface area (Å²) < 4.78 is 21.5. The fraction of sp³-hybridized carbons (Fsp3) is 1.00. The van der Waals surface area contributed by atoms with E-state index in [-0.39, 0.29) is 99.4 Å². The van der Waals surface area contributed by atoms with Crippen molar-refractivity contribution in [2.75, 3.05) is 0 Å². The monoisotopic (exact) mass is 320 g/mol. The predicted molar refractivity (Wildman–Crippen MR) is 51.9 cm³/mol. The van der Waals surface area contributed by atoms with E-state index in [2.05, 4.69) is 0 Å². The molecule has 0 saturated heterocycles.